The van der Waals surface area contributed by atoms with Crippen LogP contribution in [0.1, 0.15) is 5.56 Å². The van der Waals surface area contributed by atoms with Crippen LogP contribution < -0.4 is 24.0 Å². The standard InChI is InChI=1S/C24H27ClN4O4S/c1-17-13-19(27-34(30,31)21-7-8-22(32-2)23(15-21)33-3)16-26-24(17)29-11-9-28(10-12-29)20-6-4-5-18(25)14-20/h4-8,13-16,27H,9-12H2,1-3H3. The first kappa shape index (κ1) is 24.0. The molecular weight excluding hydrogens is 476 g/mol. The van der Waals surface area contributed by atoms with E-state index in [2.05, 4.69) is 25.6 Å². The Morgan fingerprint density at radius 3 is 2.29 bits per heavy atom. The molecule has 0 atom stereocenters. The molecule has 8 nitrogen and oxygen atoms in total. The largest absolute Gasteiger partial charge is 0.493 e. The van der Waals surface area contributed by atoms with Gasteiger partial charge in [-0.05, 0) is 48.9 Å². The minimum Gasteiger partial charge on any atom is -0.493 e. The number of aromatic nitrogens is 1. The number of hydrogen-bond donors (Lipinski definition) is 1. The van der Waals surface area contributed by atoms with E-state index in [-0.39, 0.29) is 4.90 Å². The van der Waals surface area contributed by atoms with Gasteiger partial charge in [0.05, 0.1) is 31.0 Å². The Bertz CT molecular complexity index is 1280. The van der Waals surface area contributed by atoms with Gasteiger partial charge in [0.1, 0.15) is 5.82 Å². The summed E-state index contributed by atoms with van der Waals surface area (Å²) in [4.78, 5) is 9.15. The van der Waals surface area contributed by atoms with Crippen LogP contribution in [0.25, 0.3) is 0 Å². The van der Waals surface area contributed by atoms with Gasteiger partial charge in [0.15, 0.2) is 11.5 Å². The maximum Gasteiger partial charge on any atom is 0.262 e. The molecule has 10 heteroatoms. The van der Waals surface area contributed by atoms with Crippen LogP contribution in [-0.2, 0) is 10.0 Å². The number of benzene rings is 2. The molecule has 0 amide bonds. The van der Waals surface area contributed by atoms with Crippen LogP contribution in [0, 0.1) is 6.92 Å². The van der Waals surface area contributed by atoms with Crippen molar-refractivity contribution in [1.82, 2.24) is 4.98 Å². The quantitative estimate of drug-likeness (QED) is 0.518. The van der Waals surface area contributed by atoms with E-state index in [0.29, 0.717) is 17.2 Å². The number of rotatable bonds is 7. The van der Waals surface area contributed by atoms with Gasteiger partial charge >= 0.3 is 0 Å². The molecule has 2 aromatic carbocycles. The summed E-state index contributed by atoms with van der Waals surface area (Å²) < 4.78 is 38.8. The van der Waals surface area contributed by atoms with E-state index in [9.17, 15) is 8.42 Å². The van der Waals surface area contributed by atoms with Crippen molar-refractivity contribution < 1.29 is 17.9 Å². The lowest BCUT2D eigenvalue weighted by molar-refractivity contribution is 0.354. The molecule has 1 fully saturated rings. The number of ether oxygens (including phenoxy) is 2. The van der Waals surface area contributed by atoms with E-state index in [4.69, 9.17) is 21.1 Å². The highest BCUT2D eigenvalue weighted by Crippen LogP contribution is 2.31. The summed E-state index contributed by atoms with van der Waals surface area (Å²) >= 11 is 6.13. The summed E-state index contributed by atoms with van der Waals surface area (Å²) in [6.07, 6.45) is 1.55. The predicted molar refractivity (Wildman–Crippen MR) is 135 cm³/mol. The highest BCUT2D eigenvalue weighted by atomic mass is 35.5. The lowest BCUT2D eigenvalue weighted by Crippen LogP contribution is -2.47. The number of pyridine rings is 1. The fraction of sp³-hybridized carbons (Fsp3) is 0.292. The molecule has 0 spiro atoms. The highest BCUT2D eigenvalue weighted by Gasteiger charge is 2.21. The number of hydrogen-bond acceptors (Lipinski definition) is 7. The summed E-state index contributed by atoms with van der Waals surface area (Å²) in [5.41, 5.74) is 2.40. The van der Waals surface area contributed by atoms with Crippen molar-refractivity contribution in [1.29, 1.82) is 0 Å². The Balaban J connectivity index is 1.45. The van der Waals surface area contributed by atoms with Crippen molar-refractivity contribution in [2.24, 2.45) is 0 Å². The van der Waals surface area contributed by atoms with Crippen LogP contribution in [0.2, 0.25) is 5.02 Å². The molecule has 180 valence electrons. The molecule has 1 saturated heterocycles. The molecule has 0 unspecified atom stereocenters. The van der Waals surface area contributed by atoms with Crippen LogP contribution in [-0.4, -0.2) is 53.8 Å². The third-order valence-electron chi connectivity index (χ3n) is 5.72. The summed E-state index contributed by atoms with van der Waals surface area (Å²) in [5, 5.41) is 0.726. The van der Waals surface area contributed by atoms with Gasteiger partial charge in [-0.2, -0.15) is 0 Å². The zero-order valence-corrected chi connectivity index (χ0v) is 20.9. The lowest BCUT2D eigenvalue weighted by atomic mass is 10.2. The average Bonchev–Trinajstić information content (AvgIpc) is 2.83. The molecule has 34 heavy (non-hydrogen) atoms. The van der Waals surface area contributed by atoms with Gasteiger partial charge in [-0.1, -0.05) is 17.7 Å². The maximum atomic E-state index is 12.9. The normalized spacial score (nSPS) is 14.1. The van der Waals surface area contributed by atoms with Crippen LogP contribution in [0.15, 0.2) is 59.6 Å². The van der Waals surface area contributed by atoms with E-state index in [0.717, 1.165) is 48.3 Å². The number of piperazine rings is 1. The Morgan fingerprint density at radius 1 is 0.941 bits per heavy atom. The van der Waals surface area contributed by atoms with Gasteiger partial charge in [0, 0.05) is 43.0 Å². The van der Waals surface area contributed by atoms with Gasteiger partial charge in [0.2, 0.25) is 0 Å². The second-order valence-corrected chi connectivity index (χ2v) is 10.1. The summed E-state index contributed by atoms with van der Waals surface area (Å²) in [6.45, 7) is 5.22. The molecule has 0 radical (unpaired) electrons. The number of nitrogens with zero attached hydrogens (tertiary/aromatic N) is 3. The van der Waals surface area contributed by atoms with Crippen molar-refractivity contribution in [3.63, 3.8) is 0 Å². The molecule has 1 aliphatic heterocycles. The third kappa shape index (κ3) is 5.15. The van der Waals surface area contributed by atoms with Crippen LogP contribution in [0.4, 0.5) is 17.2 Å². The SMILES string of the molecule is COc1ccc(S(=O)(=O)Nc2cnc(N3CCN(c4cccc(Cl)c4)CC3)c(C)c2)cc1OC. The number of methoxy groups -OCH3 is 2. The fourth-order valence-corrected chi connectivity index (χ4v) is 5.24. The predicted octanol–water partition coefficient (Wildman–Crippen LogP) is 4.19. The lowest BCUT2D eigenvalue weighted by Gasteiger charge is -2.37. The topological polar surface area (TPSA) is 84.0 Å². The zero-order valence-electron chi connectivity index (χ0n) is 19.3. The Morgan fingerprint density at radius 2 is 1.65 bits per heavy atom. The Kier molecular flexibility index (Phi) is 7.04. The smallest absolute Gasteiger partial charge is 0.262 e. The van der Waals surface area contributed by atoms with Gasteiger partial charge in [-0.3, -0.25) is 4.72 Å². The molecule has 0 bridgehead atoms. The molecule has 2 heterocycles. The number of aryl methyl sites for hydroxylation is 1. The minimum atomic E-state index is -3.82. The highest BCUT2D eigenvalue weighted by molar-refractivity contribution is 7.92. The van der Waals surface area contributed by atoms with Crippen LogP contribution in [0.5, 0.6) is 11.5 Å². The zero-order chi connectivity index (χ0) is 24.3. The number of nitrogens with one attached hydrogen (secondary N) is 1. The molecule has 3 aromatic rings. The molecule has 4 rings (SSSR count). The van der Waals surface area contributed by atoms with Crippen molar-refractivity contribution in [2.75, 3.05) is 54.9 Å². The average molecular weight is 503 g/mol. The Hall–Kier alpha value is -3.17. The molecule has 1 N–H and O–H groups in total. The number of sulfonamides is 1. The first-order chi connectivity index (χ1) is 16.3. The summed E-state index contributed by atoms with van der Waals surface area (Å²) in [5.74, 6) is 1.64. The van der Waals surface area contributed by atoms with Crippen LogP contribution in [0.3, 0.4) is 0 Å². The van der Waals surface area contributed by atoms with E-state index in [1.165, 1.54) is 26.4 Å². The van der Waals surface area contributed by atoms with Crippen molar-refractivity contribution in [3.8, 4) is 11.5 Å². The second-order valence-electron chi connectivity index (χ2n) is 7.94. The third-order valence-corrected chi connectivity index (χ3v) is 7.33. The monoisotopic (exact) mass is 502 g/mol. The number of halogens is 1. The van der Waals surface area contributed by atoms with Gasteiger partial charge in [0.25, 0.3) is 10.0 Å². The molecule has 0 saturated carbocycles. The van der Waals surface area contributed by atoms with Crippen LogP contribution >= 0.6 is 11.6 Å². The van der Waals surface area contributed by atoms with Gasteiger partial charge in [-0.25, -0.2) is 13.4 Å². The molecule has 1 aliphatic rings. The second kappa shape index (κ2) is 9.99. The van der Waals surface area contributed by atoms with E-state index >= 15 is 0 Å². The molecule has 1 aromatic heterocycles. The fourth-order valence-electron chi connectivity index (χ4n) is 4.00. The first-order valence-electron chi connectivity index (χ1n) is 10.8. The summed E-state index contributed by atoms with van der Waals surface area (Å²) in [6, 6.07) is 14.1. The molecule has 0 aliphatic carbocycles. The van der Waals surface area contributed by atoms with Crippen molar-refractivity contribution in [3.05, 3.63) is 65.3 Å². The van der Waals surface area contributed by atoms with Gasteiger partial charge < -0.3 is 19.3 Å². The summed E-state index contributed by atoms with van der Waals surface area (Å²) in [7, 11) is -0.865. The van der Waals surface area contributed by atoms with Crippen molar-refractivity contribution in [2.45, 2.75) is 11.8 Å². The van der Waals surface area contributed by atoms with Crippen molar-refractivity contribution >= 4 is 38.8 Å². The van der Waals surface area contributed by atoms with E-state index < -0.39 is 10.0 Å². The van der Waals surface area contributed by atoms with Gasteiger partial charge in [-0.15, -0.1) is 0 Å². The van der Waals surface area contributed by atoms with E-state index in [1.807, 2.05) is 25.1 Å². The maximum absolute atomic E-state index is 12.9. The Labute approximate surface area is 205 Å². The molecular formula is C24H27ClN4O4S. The number of anilines is 3. The minimum absolute atomic E-state index is 0.0732. The van der Waals surface area contributed by atoms with E-state index in [1.54, 1.807) is 18.3 Å². The first-order valence-corrected chi connectivity index (χ1v) is 12.6.